The number of phenols is 1. The van der Waals surface area contributed by atoms with Crippen molar-refractivity contribution in [2.45, 2.75) is 134 Å². The lowest BCUT2D eigenvalue weighted by molar-refractivity contribution is -0.284. The van der Waals surface area contributed by atoms with Gasteiger partial charge < -0.3 is 10.2 Å². The minimum Gasteiger partial charge on any atom is -0.508 e. The van der Waals surface area contributed by atoms with Crippen LogP contribution < -0.4 is 0 Å². The minimum absolute atomic E-state index is 0.00529. The van der Waals surface area contributed by atoms with Crippen LogP contribution in [0.15, 0.2) is 18.2 Å². The molecule has 0 aromatic heterocycles. The number of aromatic hydroxyl groups is 1. The fourth-order valence-corrected chi connectivity index (χ4v) is 9.93. The zero-order valence-electron chi connectivity index (χ0n) is 25.2. The van der Waals surface area contributed by atoms with Crippen molar-refractivity contribution in [3.8, 4) is 5.75 Å². The van der Waals surface area contributed by atoms with Crippen molar-refractivity contribution in [2.24, 2.45) is 23.2 Å². The summed E-state index contributed by atoms with van der Waals surface area (Å²) in [5, 5.41) is 21.1. The molecule has 0 spiro atoms. The third kappa shape index (κ3) is 7.18. The van der Waals surface area contributed by atoms with Crippen LogP contribution in [0.25, 0.3) is 0 Å². The first-order chi connectivity index (χ1) is 19.7. The molecule has 4 rings (SSSR count). The summed E-state index contributed by atoms with van der Waals surface area (Å²) in [4.78, 5) is 0. The molecule has 1 unspecified atom stereocenters. The van der Waals surface area contributed by atoms with Crippen molar-refractivity contribution >= 4 is 10.8 Å². The van der Waals surface area contributed by atoms with Gasteiger partial charge in [-0.3, -0.25) is 4.21 Å². The lowest BCUT2D eigenvalue weighted by atomic mass is 9.46. The Kier molecular flexibility index (Phi) is 10.8. The summed E-state index contributed by atoms with van der Waals surface area (Å²) in [5.74, 6) is -2.56. The normalized spacial score (nSPS) is 31.8. The zero-order chi connectivity index (χ0) is 30.8. The number of hydrogen-bond acceptors (Lipinski definition) is 3. The first-order valence-electron chi connectivity index (χ1n) is 16.0. The smallest absolute Gasteiger partial charge is 0.453 e. The van der Waals surface area contributed by atoms with Crippen molar-refractivity contribution in [1.29, 1.82) is 0 Å². The van der Waals surface area contributed by atoms with Crippen LogP contribution in [-0.4, -0.2) is 44.1 Å². The van der Waals surface area contributed by atoms with E-state index in [0.717, 1.165) is 77.0 Å². The Morgan fingerprint density at radius 2 is 1.55 bits per heavy atom. The van der Waals surface area contributed by atoms with E-state index in [0.29, 0.717) is 35.7 Å². The first kappa shape index (κ1) is 33.7. The number of unbranched alkanes of at least 4 members (excludes halogenated alkanes) is 6. The Bertz CT molecular complexity index is 1080. The molecule has 3 nitrogen and oxygen atoms in total. The maximum absolute atomic E-state index is 13.0. The standard InChI is InChI=1S/C33H49F5O3S/c1-30-17-18-31(2)26-13-12-25(39)22-24(26)21-23(29(31)27(30)14-15-28(30)40)11-8-6-4-3-5-7-9-19-42(41)20-10-16-32(34,35)33(36,37)38/h12-13,22-23,27-29,39-40H,3-11,14-21H2,1-2H3/t23-,27+,28+,29+,30+,31-,42?/m1/s1. The van der Waals surface area contributed by atoms with Crippen molar-refractivity contribution in [3.05, 3.63) is 29.3 Å². The molecule has 1 aromatic rings. The predicted molar refractivity (Wildman–Crippen MR) is 157 cm³/mol. The van der Waals surface area contributed by atoms with E-state index in [9.17, 15) is 36.4 Å². The predicted octanol–water partition coefficient (Wildman–Crippen LogP) is 8.86. The number of hydrogen-bond donors (Lipinski definition) is 2. The molecular weight excluding hydrogens is 571 g/mol. The number of fused-ring (bicyclic) bond motifs is 5. The summed E-state index contributed by atoms with van der Waals surface area (Å²) >= 11 is 0. The van der Waals surface area contributed by atoms with E-state index in [1.165, 1.54) is 11.1 Å². The van der Waals surface area contributed by atoms with Gasteiger partial charge in [0.25, 0.3) is 0 Å². The van der Waals surface area contributed by atoms with E-state index in [1.54, 1.807) is 0 Å². The lowest BCUT2D eigenvalue weighted by Crippen LogP contribution is -2.54. The number of aliphatic hydroxyl groups excluding tert-OH is 1. The van der Waals surface area contributed by atoms with Gasteiger partial charge in [-0.05, 0) is 103 Å². The molecule has 3 aliphatic carbocycles. The van der Waals surface area contributed by atoms with Crippen LogP contribution in [-0.2, 0) is 22.6 Å². The number of aliphatic hydroxyl groups is 1. The highest BCUT2D eigenvalue weighted by Crippen LogP contribution is 2.65. The summed E-state index contributed by atoms with van der Waals surface area (Å²) in [6, 6.07) is 5.94. The molecule has 7 atom stereocenters. The van der Waals surface area contributed by atoms with Gasteiger partial charge in [0.1, 0.15) is 5.75 Å². The van der Waals surface area contributed by atoms with Gasteiger partial charge in [-0.1, -0.05) is 58.4 Å². The van der Waals surface area contributed by atoms with E-state index in [-0.39, 0.29) is 22.7 Å². The molecule has 3 aliphatic rings. The molecule has 240 valence electrons. The molecular formula is C33H49F5O3S. The SMILES string of the molecule is C[C@]12CC[C@]3(C)c4ccc(O)cc4C[C@@H](CCCCCCCCCS(=O)CCCC(F)(F)C(F)(F)F)[C@H]3[C@@H]1CC[C@@H]2O. The van der Waals surface area contributed by atoms with E-state index in [1.807, 2.05) is 12.1 Å². The molecule has 0 amide bonds. The van der Waals surface area contributed by atoms with Crippen LogP contribution >= 0.6 is 0 Å². The van der Waals surface area contributed by atoms with Crippen LogP contribution in [0.1, 0.15) is 115 Å². The first-order valence-corrected chi connectivity index (χ1v) is 17.5. The third-order valence-corrected chi connectivity index (χ3v) is 12.6. The van der Waals surface area contributed by atoms with Gasteiger partial charge in [0.2, 0.25) is 0 Å². The summed E-state index contributed by atoms with van der Waals surface area (Å²) in [6.45, 7) is 4.73. The molecule has 2 saturated carbocycles. The number of phenolic OH excluding ortho intramolecular Hbond substituents is 1. The summed E-state index contributed by atoms with van der Waals surface area (Å²) in [6.07, 6.45) is 5.80. The van der Waals surface area contributed by atoms with Crippen LogP contribution in [0.4, 0.5) is 22.0 Å². The van der Waals surface area contributed by atoms with Crippen LogP contribution in [0.3, 0.4) is 0 Å². The molecule has 1 aromatic carbocycles. The van der Waals surface area contributed by atoms with Gasteiger partial charge in [0.15, 0.2) is 0 Å². The number of alkyl halides is 5. The average molecular weight is 621 g/mol. The largest absolute Gasteiger partial charge is 0.508 e. The Hall–Kier alpha value is -1.22. The Morgan fingerprint density at radius 1 is 0.905 bits per heavy atom. The highest BCUT2D eigenvalue weighted by Gasteiger charge is 2.60. The highest BCUT2D eigenvalue weighted by atomic mass is 32.2. The quantitative estimate of drug-likeness (QED) is 0.161. The molecule has 0 saturated heterocycles. The summed E-state index contributed by atoms with van der Waals surface area (Å²) in [5.41, 5.74) is 2.74. The van der Waals surface area contributed by atoms with Crippen molar-refractivity contribution in [1.82, 2.24) is 0 Å². The highest BCUT2D eigenvalue weighted by molar-refractivity contribution is 7.84. The minimum atomic E-state index is -5.54. The van der Waals surface area contributed by atoms with E-state index in [4.69, 9.17) is 0 Å². The van der Waals surface area contributed by atoms with Gasteiger partial charge >= 0.3 is 12.1 Å². The fraction of sp³-hybridized carbons (Fsp3) is 0.818. The number of halogens is 5. The molecule has 0 heterocycles. The van der Waals surface area contributed by atoms with Crippen molar-refractivity contribution in [2.75, 3.05) is 11.5 Å². The van der Waals surface area contributed by atoms with Crippen LogP contribution in [0.2, 0.25) is 0 Å². The molecule has 42 heavy (non-hydrogen) atoms. The van der Waals surface area contributed by atoms with E-state index < -0.39 is 35.7 Å². The second-order valence-electron chi connectivity index (χ2n) is 13.9. The van der Waals surface area contributed by atoms with Crippen molar-refractivity contribution in [3.63, 3.8) is 0 Å². The summed E-state index contributed by atoms with van der Waals surface area (Å²) in [7, 11) is -1.36. The van der Waals surface area contributed by atoms with Crippen LogP contribution in [0.5, 0.6) is 5.75 Å². The van der Waals surface area contributed by atoms with Gasteiger partial charge in [0.05, 0.1) is 6.10 Å². The maximum atomic E-state index is 13.0. The lowest BCUT2D eigenvalue weighted by Gasteiger charge is -2.58. The molecule has 2 fully saturated rings. The topological polar surface area (TPSA) is 57.5 Å². The fourth-order valence-electron chi connectivity index (χ4n) is 8.74. The maximum Gasteiger partial charge on any atom is 0.453 e. The Labute approximate surface area is 250 Å². The van der Waals surface area contributed by atoms with Crippen molar-refractivity contribution < 1.29 is 36.4 Å². The number of rotatable bonds is 14. The second-order valence-corrected chi connectivity index (χ2v) is 15.6. The third-order valence-electron chi connectivity index (χ3n) is 11.1. The summed E-state index contributed by atoms with van der Waals surface area (Å²) < 4.78 is 74.6. The molecule has 0 aliphatic heterocycles. The zero-order valence-corrected chi connectivity index (χ0v) is 26.0. The van der Waals surface area contributed by atoms with Gasteiger partial charge in [-0.25, -0.2) is 0 Å². The van der Waals surface area contributed by atoms with Crippen LogP contribution in [0, 0.1) is 23.2 Å². The van der Waals surface area contributed by atoms with Gasteiger partial charge in [0, 0.05) is 28.7 Å². The molecule has 9 heteroatoms. The number of benzene rings is 1. The average Bonchev–Trinajstić information content (AvgIpc) is 3.20. The molecule has 2 N–H and O–H groups in total. The van der Waals surface area contributed by atoms with E-state index >= 15 is 0 Å². The van der Waals surface area contributed by atoms with Gasteiger partial charge in [-0.15, -0.1) is 0 Å². The van der Waals surface area contributed by atoms with E-state index in [2.05, 4.69) is 19.9 Å². The van der Waals surface area contributed by atoms with Gasteiger partial charge in [-0.2, -0.15) is 22.0 Å². The monoisotopic (exact) mass is 620 g/mol. The Balaban J connectivity index is 1.18. The second kappa shape index (κ2) is 13.4. The Morgan fingerprint density at radius 3 is 2.24 bits per heavy atom. The molecule has 0 bridgehead atoms. The molecule has 0 radical (unpaired) electrons.